The summed E-state index contributed by atoms with van der Waals surface area (Å²) in [4.78, 5) is 14.8. The van der Waals surface area contributed by atoms with E-state index in [0.29, 0.717) is 0 Å². The van der Waals surface area contributed by atoms with Crippen LogP contribution in [-0.2, 0) is 4.79 Å². The van der Waals surface area contributed by atoms with Crippen molar-refractivity contribution in [2.45, 2.75) is 13.0 Å². The molecule has 0 spiro atoms. The van der Waals surface area contributed by atoms with E-state index in [9.17, 15) is 4.79 Å². The summed E-state index contributed by atoms with van der Waals surface area (Å²) < 4.78 is 0. The number of rotatable bonds is 2. The number of carbonyl (C=O) groups is 1. The molecule has 1 heterocycles. The monoisotopic (exact) mass is 238 g/mol. The fourth-order valence-corrected chi connectivity index (χ4v) is 2.22. The number of hydrogen-bond acceptors (Lipinski definition) is 2. The van der Waals surface area contributed by atoms with Crippen LogP contribution in [0.3, 0.4) is 0 Å². The lowest BCUT2D eigenvalue weighted by Gasteiger charge is -2.39. The van der Waals surface area contributed by atoms with Gasteiger partial charge in [0.05, 0.1) is 0 Å². The summed E-state index contributed by atoms with van der Waals surface area (Å²) in [5.41, 5.74) is 1.13. The minimum atomic E-state index is 0.255. The van der Waals surface area contributed by atoms with Gasteiger partial charge in [0.25, 0.3) is 0 Å². The zero-order chi connectivity index (χ0) is 11.5. The molecule has 86 valence electrons. The van der Waals surface area contributed by atoms with Crippen molar-refractivity contribution in [2.24, 2.45) is 0 Å². The second-order valence-electron chi connectivity index (χ2n) is 4.12. The molecule has 1 atom stereocenters. The Hall–Kier alpha value is -1.22. The summed E-state index contributed by atoms with van der Waals surface area (Å²) in [6, 6.07) is 8.09. The fourth-order valence-electron chi connectivity index (χ4n) is 2.04. The van der Waals surface area contributed by atoms with E-state index in [-0.39, 0.29) is 6.04 Å². The van der Waals surface area contributed by atoms with E-state index in [2.05, 4.69) is 17.9 Å². The first-order chi connectivity index (χ1) is 7.70. The summed E-state index contributed by atoms with van der Waals surface area (Å²) in [6.07, 6.45) is 0.931. The molecule has 1 aliphatic heterocycles. The zero-order valence-corrected chi connectivity index (χ0v) is 10.0. The van der Waals surface area contributed by atoms with Crippen molar-refractivity contribution in [1.82, 2.24) is 4.90 Å². The summed E-state index contributed by atoms with van der Waals surface area (Å²) >= 11 is 5.96. The zero-order valence-electron chi connectivity index (χ0n) is 9.27. The highest BCUT2D eigenvalue weighted by atomic mass is 35.5. The summed E-state index contributed by atoms with van der Waals surface area (Å²) in [7, 11) is 0. The van der Waals surface area contributed by atoms with Crippen molar-refractivity contribution in [3.05, 3.63) is 29.3 Å². The lowest BCUT2D eigenvalue weighted by Crippen LogP contribution is -2.51. The van der Waals surface area contributed by atoms with Crippen molar-refractivity contribution in [2.75, 3.05) is 24.5 Å². The van der Waals surface area contributed by atoms with E-state index in [1.54, 1.807) is 0 Å². The topological polar surface area (TPSA) is 23.6 Å². The molecule has 1 fully saturated rings. The first kappa shape index (κ1) is 11.3. The lowest BCUT2D eigenvalue weighted by molar-refractivity contribution is -0.120. The molecule has 1 unspecified atom stereocenters. The second-order valence-corrected chi connectivity index (χ2v) is 4.55. The Labute approximate surface area is 101 Å². The summed E-state index contributed by atoms with van der Waals surface area (Å²) in [6.45, 7) is 4.56. The van der Waals surface area contributed by atoms with Gasteiger partial charge >= 0.3 is 0 Å². The second kappa shape index (κ2) is 4.74. The standard InChI is InChI=1S/C12H15ClN2O/c1-10-8-14(5-6-15(10)9-16)12-4-2-3-11(13)7-12/h2-4,7,9-10H,5-6,8H2,1H3. The van der Waals surface area contributed by atoms with E-state index in [4.69, 9.17) is 11.6 Å². The van der Waals surface area contributed by atoms with Crippen molar-refractivity contribution >= 4 is 23.7 Å². The third-order valence-corrected chi connectivity index (χ3v) is 3.22. The van der Waals surface area contributed by atoms with Gasteiger partial charge in [-0.05, 0) is 25.1 Å². The highest BCUT2D eigenvalue weighted by Gasteiger charge is 2.22. The molecule has 0 aliphatic carbocycles. The van der Waals surface area contributed by atoms with Crippen LogP contribution in [0.5, 0.6) is 0 Å². The van der Waals surface area contributed by atoms with Crippen LogP contribution in [-0.4, -0.2) is 37.0 Å². The fraction of sp³-hybridized carbons (Fsp3) is 0.417. The molecular formula is C12H15ClN2O. The smallest absolute Gasteiger partial charge is 0.210 e. The quantitative estimate of drug-likeness (QED) is 0.736. The Morgan fingerprint density at radius 3 is 2.88 bits per heavy atom. The van der Waals surface area contributed by atoms with E-state index < -0.39 is 0 Å². The Morgan fingerprint density at radius 1 is 1.44 bits per heavy atom. The Balaban J connectivity index is 2.10. The van der Waals surface area contributed by atoms with Gasteiger partial charge in [-0.3, -0.25) is 4.79 Å². The number of piperazine rings is 1. The first-order valence-corrected chi connectivity index (χ1v) is 5.80. The van der Waals surface area contributed by atoms with Gasteiger partial charge in [-0.15, -0.1) is 0 Å². The molecule has 1 saturated heterocycles. The molecule has 16 heavy (non-hydrogen) atoms. The van der Waals surface area contributed by atoms with Gasteiger partial charge in [-0.2, -0.15) is 0 Å². The van der Waals surface area contributed by atoms with E-state index >= 15 is 0 Å². The number of anilines is 1. The molecule has 1 aromatic carbocycles. The van der Waals surface area contributed by atoms with Gasteiger partial charge in [0.2, 0.25) is 6.41 Å². The molecule has 1 amide bonds. The number of nitrogens with zero attached hydrogens (tertiary/aromatic N) is 2. The normalized spacial score (nSPS) is 21.0. The van der Waals surface area contributed by atoms with Gasteiger partial charge < -0.3 is 9.80 Å². The maximum absolute atomic E-state index is 10.8. The van der Waals surface area contributed by atoms with Crippen molar-refractivity contribution in [1.29, 1.82) is 0 Å². The van der Waals surface area contributed by atoms with Crippen LogP contribution in [0.1, 0.15) is 6.92 Å². The average Bonchev–Trinajstić information content (AvgIpc) is 2.29. The van der Waals surface area contributed by atoms with Crippen molar-refractivity contribution in [3.8, 4) is 0 Å². The maximum Gasteiger partial charge on any atom is 0.210 e. The molecule has 3 nitrogen and oxygen atoms in total. The summed E-state index contributed by atoms with van der Waals surface area (Å²) in [5.74, 6) is 0. The van der Waals surface area contributed by atoms with E-state index in [1.807, 2.05) is 23.1 Å². The van der Waals surface area contributed by atoms with Crippen molar-refractivity contribution < 1.29 is 4.79 Å². The Kier molecular flexibility index (Phi) is 3.34. The van der Waals surface area contributed by atoms with Crippen LogP contribution in [0, 0.1) is 0 Å². The van der Waals surface area contributed by atoms with Gasteiger partial charge in [-0.1, -0.05) is 17.7 Å². The van der Waals surface area contributed by atoms with Gasteiger partial charge in [-0.25, -0.2) is 0 Å². The molecule has 0 N–H and O–H groups in total. The highest BCUT2D eigenvalue weighted by molar-refractivity contribution is 6.30. The minimum absolute atomic E-state index is 0.255. The van der Waals surface area contributed by atoms with Gasteiger partial charge in [0, 0.05) is 36.4 Å². The van der Waals surface area contributed by atoms with E-state index in [1.165, 1.54) is 0 Å². The summed E-state index contributed by atoms with van der Waals surface area (Å²) in [5, 5.41) is 0.753. The van der Waals surface area contributed by atoms with Crippen LogP contribution in [0.2, 0.25) is 5.02 Å². The Morgan fingerprint density at radius 2 is 2.25 bits per heavy atom. The van der Waals surface area contributed by atoms with Crippen LogP contribution >= 0.6 is 11.6 Å². The molecule has 0 bridgehead atoms. The largest absolute Gasteiger partial charge is 0.368 e. The number of amides is 1. The third-order valence-electron chi connectivity index (χ3n) is 2.99. The Bertz CT molecular complexity index is 383. The number of benzene rings is 1. The number of hydrogen-bond donors (Lipinski definition) is 0. The molecular weight excluding hydrogens is 224 g/mol. The number of halogens is 1. The molecule has 0 saturated carbocycles. The van der Waals surface area contributed by atoms with Crippen molar-refractivity contribution in [3.63, 3.8) is 0 Å². The molecule has 4 heteroatoms. The minimum Gasteiger partial charge on any atom is -0.368 e. The van der Waals surface area contributed by atoms with Crippen LogP contribution in [0.4, 0.5) is 5.69 Å². The molecule has 1 aliphatic rings. The lowest BCUT2D eigenvalue weighted by atomic mass is 10.2. The maximum atomic E-state index is 10.8. The van der Waals surface area contributed by atoms with Gasteiger partial charge in [0.1, 0.15) is 0 Å². The molecule has 1 aromatic rings. The van der Waals surface area contributed by atoms with E-state index in [0.717, 1.165) is 36.8 Å². The molecule has 0 radical (unpaired) electrons. The van der Waals surface area contributed by atoms with Gasteiger partial charge in [0.15, 0.2) is 0 Å². The SMILES string of the molecule is CC1CN(c2cccc(Cl)c2)CCN1C=O. The average molecular weight is 239 g/mol. The predicted molar refractivity (Wildman–Crippen MR) is 65.9 cm³/mol. The number of carbonyl (C=O) groups excluding carboxylic acids is 1. The molecule has 2 rings (SSSR count). The molecule has 0 aromatic heterocycles. The first-order valence-electron chi connectivity index (χ1n) is 5.42. The third kappa shape index (κ3) is 2.30. The van der Waals surface area contributed by atoms with Crippen LogP contribution < -0.4 is 4.90 Å². The highest BCUT2D eigenvalue weighted by Crippen LogP contribution is 2.21. The predicted octanol–water partition coefficient (Wildman–Crippen LogP) is 2.01. The van der Waals surface area contributed by atoms with Crippen LogP contribution in [0.25, 0.3) is 0 Å². The van der Waals surface area contributed by atoms with Crippen LogP contribution in [0.15, 0.2) is 24.3 Å².